The molecule has 0 atom stereocenters. The van der Waals surface area contributed by atoms with Crippen LogP contribution in [0.5, 0.6) is 0 Å². The van der Waals surface area contributed by atoms with Gasteiger partial charge in [-0.2, -0.15) is 5.10 Å². The maximum absolute atomic E-state index is 12.8. The van der Waals surface area contributed by atoms with E-state index in [1.165, 1.54) is 11.3 Å². The number of aromatic nitrogens is 3. The van der Waals surface area contributed by atoms with Gasteiger partial charge in [0, 0.05) is 35.8 Å². The predicted octanol–water partition coefficient (Wildman–Crippen LogP) is 4.40. The molecular formula is C25H25N5O2S. The van der Waals surface area contributed by atoms with Gasteiger partial charge in [-0.15, -0.1) is 11.3 Å². The minimum atomic E-state index is -0.221. The van der Waals surface area contributed by atoms with Crippen molar-refractivity contribution in [1.29, 1.82) is 0 Å². The van der Waals surface area contributed by atoms with Gasteiger partial charge in [0.1, 0.15) is 0 Å². The monoisotopic (exact) mass is 459 g/mol. The predicted molar refractivity (Wildman–Crippen MR) is 130 cm³/mol. The molecule has 0 fully saturated rings. The second-order valence-corrected chi connectivity index (χ2v) is 8.65. The summed E-state index contributed by atoms with van der Waals surface area (Å²) in [5.74, 6) is -0.270. The van der Waals surface area contributed by atoms with Gasteiger partial charge in [0.15, 0.2) is 5.13 Å². The third-order valence-corrected chi connectivity index (χ3v) is 6.21. The SMILES string of the molecule is Cc1nn(-c2ccccc2)c(C)c1CN(C)C(=O)Cc1csc(NC(=O)c2ccccc2)n1. The van der Waals surface area contributed by atoms with Crippen LogP contribution in [0.2, 0.25) is 0 Å². The van der Waals surface area contributed by atoms with Gasteiger partial charge < -0.3 is 4.90 Å². The fourth-order valence-corrected chi connectivity index (χ4v) is 4.25. The van der Waals surface area contributed by atoms with Crippen molar-refractivity contribution in [2.75, 3.05) is 12.4 Å². The molecule has 4 rings (SSSR count). The van der Waals surface area contributed by atoms with Crippen molar-refractivity contribution < 1.29 is 9.59 Å². The van der Waals surface area contributed by atoms with E-state index in [0.29, 0.717) is 22.9 Å². The molecule has 0 bridgehead atoms. The summed E-state index contributed by atoms with van der Waals surface area (Å²) in [6.07, 6.45) is 0.166. The molecular weight excluding hydrogens is 434 g/mol. The zero-order chi connectivity index (χ0) is 23.4. The zero-order valence-corrected chi connectivity index (χ0v) is 19.6. The van der Waals surface area contributed by atoms with Crippen LogP contribution < -0.4 is 5.32 Å². The van der Waals surface area contributed by atoms with E-state index >= 15 is 0 Å². The molecule has 2 aromatic heterocycles. The van der Waals surface area contributed by atoms with Gasteiger partial charge in [0.05, 0.1) is 23.5 Å². The topological polar surface area (TPSA) is 80.1 Å². The van der Waals surface area contributed by atoms with E-state index in [0.717, 1.165) is 22.6 Å². The molecule has 0 saturated carbocycles. The van der Waals surface area contributed by atoms with Gasteiger partial charge in [-0.25, -0.2) is 9.67 Å². The lowest BCUT2D eigenvalue weighted by molar-refractivity contribution is -0.129. The van der Waals surface area contributed by atoms with Gasteiger partial charge in [-0.1, -0.05) is 36.4 Å². The lowest BCUT2D eigenvalue weighted by Gasteiger charge is -2.17. The van der Waals surface area contributed by atoms with Gasteiger partial charge in [0.2, 0.25) is 5.91 Å². The number of nitrogens with zero attached hydrogens (tertiary/aromatic N) is 4. The number of para-hydroxylation sites is 1. The summed E-state index contributed by atoms with van der Waals surface area (Å²) in [6, 6.07) is 18.9. The number of anilines is 1. The number of aryl methyl sites for hydroxylation is 1. The first-order valence-electron chi connectivity index (χ1n) is 10.6. The maximum Gasteiger partial charge on any atom is 0.257 e. The number of hydrogen-bond acceptors (Lipinski definition) is 5. The van der Waals surface area contributed by atoms with Crippen LogP contribution in [0.25, 0.3) is 5.69 Å². The van der Waals surface area contributed by atoms with Gasteiger partial charge in [-0.3, -0.25) is 14.9 Å². The van der Waals surface area contributed by atoms with Gasteiger partial charge >= 0.3 is 0 Å². The number of carbonyl (C=O) groups excluding carboxylic acids is 2. The standard InChI is InChI=1S/C25H25N5O2S/c1-17-22(18(2)30(28-17)21-12-8-5-9-13-21)15-29(3)23(31)14-20-16-33-25(26-20)27-24(32)19-10-6-4-7-11-19/h4-13,16H,14-15H2,1-3H3,(H,26,27,32). The van der Waals surface area contributed by atoms with Crippen LogP contribution in [-0.2, 0) is 17.8 Å². The number of rotatable bonds is 7. The maximum atomic E-state index is 12.8. The van der Waals surface area contributed by atoms with Crippen LogP contribution >= 0.6 is 11.3 Å². The molecule has 7 nitrogen and oxygen atoms in total. The molecule has 8 heteroatoms. The fraction of sp³-hybridized carbons (Fsp3) is 0.200. The summed E-state index contributed by atoms with van der Waals surface area (Å²) < 4.78 is 1.91. The van der Waals surface area contributed by atoms with Crippen molar-refractivity contribution in [3.05, 3.63) is 94.3 Å². The van der Waals surface area contributed by atoms with Crippen LogP contribution in [0.4, 0.5) is 5.13 Å². The summed E-state index contributed by atoms with van der Waals surface area (Å²) >= 11 is 1.31. The summed E-state index contributed by atoms with van der Waals surface area (Å²) in [5.41, 5.74) is 5.13. The van der Waals surface area contributed by atoms with E-state index < -0.39 is 0 Å². The van der Waals surface area contributed by atoms with E-state index in [1.54, 1.807) is 29.5 Å². The van der Waals surface area contributed by atoms with Crippen LogP contribution in [0, 0.1) is 13.8 Å². The Morgan fingerprint density at radius 3 is 2.39 bits per heavy atom. The van der Waals surface area contributed by atoms with Crippen LogP contribution in [0.15, 0.2) is 66.0 Å². The average molecular weight is 460 g/mol. The molecule has 0 unspecified atom stereocenters. The highest BCUT2D eigenvalue weighted by Crippen LogP contribution is 2.21. The molecule has 2 heterocycles. The quantitative estimate of drug-likeness (QED) is 0.444. The summed E-state index contributed by atoms with van der Waals surface area (Å²) in [7, 11) is 1.78. The Balaban J connectivity index is 1.39. The van der Waals surface area contributed by atoms with E-state index in [1.807, 2.05) is 67.1 Å². The summed E-state index contributed by atoms with van der Waals surface area (Å²) in [6.45, 7) is 4.44. The van der Waals surface area contributed by atoms with Crippen LogP contribution in [0.3, 0.4) is 0 Å². The third-order valence-electron chi connectivity index (χ3n) is 5.40. The average Bonchev–Trinajstić information content (AvgIpc) is 3.38. The van der Waals surface area contributed by atoms with E-state index in [2.05, 4.69) is 15.4 Å². The Morgan fingerprint density at radius 1 is 1.03 bits per heavy atom. The first-order valence-corrected chi connectivity index (χ1v) is 11.5. The molecule has 33 heavy (non-hydrogen) atoms. The molecule has 4 aromatic rings. The highest BCUT2D eigenvalue weighted by molar-refractivity contribution is 7.14. The van der Waals surface area contributed by atoms with Crippen molar-refractivity contribution >= 4 is 28.3 Å². The lowest BCUT2D eigenvalue weighted by Crippen LogP contribution is -2.28. The molecule has 0 radical (unpaired) electrons. The number of amides is 2. The summed E-state index contributed by atoms with van der Waals surface area (Å²) in [5, 5.41) is 9.73. The zero-order valence-electron chi connectivity index (χ0n) is 18.8. The lowest BCUT2D eigenvalue weighted by atomic mass is 10.1. The van der Waals surface area contributed by atoms with Gasteiger partial charge in [0.25, 0.3) is 5.91 Å². The second kappa shape index (κ2) is 9.79. The number of hydrogen-bond donors (Lipinski definition) is 1. The second-order valence-electron chi connectivity index (χ2n) is 7.79. The minimum Gasteiger partial charge on any atom is -0.341 e. The number of benzene rings is 2. The highest BCUT2D eigenvalue weighted by atomic mass is 32.1. The molecule has 0 spiro atoms. The number of nitrogens with one attached hydrogen (secondary N) is 1. The third kappa shape index (κ3) is 5.18. The largest absolute Gasteiger partial charge is 0.341 e. The van der Waals surface area contributed by atoms with E-state index in [4.69, 9.17) is 0 Å². The first-order chi connectivity index (χ1) is 15.9. The Bertz CT molecular complexity index is 1260. The molecule has 0 aliphatic carbocycles. The molecule has 1 N–H and O–H groups in total. The highest BCUT2D eigenvalue weighted by Gasteiger charge is 2.18. The van der Waals surface area contributed by atoms with Crippen molar-refractivity contribution in [3.63, 3.8) is 0 Å². The van der Waals surface area contributed by atoms with E-state index in [9.17, 15) is 9.59 Å². The van der Waals surface area contributed by atoms with Crippen molar-refractivity contribution in [3.8, 4) is 5.69 Å². The van der Waals surface area contributed by atoms with Crippen molar-refractivity contribution in [2.45, 2.75) is 26.8 Å². The molecule has 2 aromatic carbocycles. The first kappa shape index (κ1) is 22.4. The molecule has 0 aliphatic rings. The Morgan fingerprint density at radius 2 is 1.70 bits per heavy atom. The minimum absolute atomic E-state index is 0.0486. The molecule has 2 amide bonds. The molecule has 168 valence electrons. The number of thiazole rings is 1. The van der Waals surface area contributed by atoms with Crippen molar-refractivity contribution in [1.82, 2.24) is 19.7 Å². The Labute approximate surface area is 196 Å². The smallest absolute Gasteiger partial charge is 0.257 e. The number of carbonyl (C=O) groups is 2. The fourth-order valence-electron chi connectivity index (χ4n) is 3.54. The van der Waals surface area contributed by atoms with Crippen LogP contribution in [-0.4, -0.2) is 38.5 Å². The molecule has 0 saturated heterocycles. The Hall–Kier alpha value is -3.78. The number of likely N-dealkylation sites (N-methyl/N-ethyl adjacent to an activating group) is 1. The van der Waals surface area contributed by atoms with Crippen molar-refractivity contribution in [2.24, 2.45) is 0 Å². The molecule has 0 aliphatic heterocycles. The summed E-state index contributed by atoms with van der Waals surface area (Å²) in [4.78, 5) is 31.2. The Kier molecular flexibility index (Phi) is 6.65. The van der Waals surface area contributed by atoms with Crippen LogP contribution in [0.1, 0.15) is 33.0 Å². The van der Waals surface area contributed by atoms with Gasteiger partial charge in [-0.05, 0) is 38.1 Å². The normalized spacial score (nSPS) is 10.8. The van der Waals surface area contributed by atoms with E-state index in [-0.39, 0.29) is 18.2 Å².